The van der Waals surface area contributed by atoms with E-state index in [-0.39, 0.29) is 0 Å². The molecule has 72 valence electrons. The molecule has 1 fully saturated rings. The van der Waals surface area contributed by atoms with E-state index in [0.29, 0.717) is 0 Å². The van der Waals surface area contributed by atoms with Crippen molar-refractivity contribution in [3.05, 3.63) is 0 Å². The van der Waals surface area contributed by atoms with E-state index in [0.717, 1.165) is 23.9 Å². The van der Waals surface area contributed by atoms with E-state index in [1.54, 1.807) is 0 Å². The molecule has 2 atom stereocenters. The van der Waals surface area contributed by atoms with Crippen LogP contribution in [0.4, 0.5) is 0 Å². The van der Waals surface area contributed by atoms with Gasteiger partial charge in [0, 0.05) is 18.6 Å². The smallest absolute Gasteiger partial charge is 0.0124 e. The highest BCUT2D eigenvalue weighted by atomic mass is 15.2. The Kier molecular flexibility index (Phi) is 3.16. The van der Waals surface area contributed by atoms with E-state index in [4.69, 9.17) is 0 Å². The molecular formula is C11H23N. The fourth-order valence-electron chi connectivity index (χ4n) is 2.37. The van der Waals surface area contributed by atoms with Gasteiger partial charge in [-0.05, 0) is 32.1 Å². The van der Waals surface area contributed by atoms with Crippen LogP contribution in [0.2, 0.25) is 0 Å². The Balaban J connectivity index is 2.59. The van der Waals surface area contributed by atoms with Gasteiger partial charge in [0.2, 0.25) is 0 Å². The molecular weight excluding hydrogens is 146 g/mol. The summed E-state index contributed by atoms with van der Waals surface area (Å²) in [5, 5.41) is 0. The largest absolute Gasteiger partial charge is 0.297 e. The monoisotopic (exact) mass is 169 g/mol. The highest BCUT2D eigenvalue weighted by molar-refractivity contribution is 4.86. The van der Waals surface area contributed by atoms with Gasteiger partial charge in [0.1, 0.15) is 0 Å². The molecule has 0 bridgehead atoms. The predicted molar refractivity (Wildman–Crippen MR) is 54.2 cm³/mol. The van der Waals surface area contributed by atoms with Gasteiger partial charge in [-0.1, -0.05) is 20.8 Å². The van der Waals surface area contributed by atoms with Gasteiger partial charge < -0.3 is 0 Å². The zero-order chi connectivity index (χ0) is 9.30. The van der Waals surface area contributed by atoms with Crippen LogP contribution in [0.25, 0.3) is 0 Å². The lowest BCUT2D eigenvalue weighted by atomic mass is 9.98. The average Bonchev–Trinajstić information content (AvgIpc) is 2.31. The van der Waals surface area contributed by atoms with Crippen LogP contribution in [0.1, 0.15) is 41.0 Å². The van der Waals surface area contributed by atoms with Gasteiger partial charge in [-0.3, -0.25) is 4.90 Å². The summed E-state index contributed by atoms with van der Waals surface area (Å²) < 4.78 is 0. The van der Waals surface area contributed by atoms with Gasteiger partial charge in [0.05, 0.1) is 0 Å². The van der Waals surface area contributed by atoms with Crippen LogP contribution in [0.3, 0.4) is 0 Å². The van der Waals surface area contributed by atoms with E-state index in [1.165, 1.54) is 13.0 Å². The van der Waals surface area contributed by atoms with Crippen molar-refractivity contribution in [2.75, 3.05) is 6.54 Å². The number of nitrogens with zero attached hydrogens (tertiary/aromatic N) is 1. The van der Waals surface area contributed by atoms with Crippen LogP contribution in [0.15, 0.2) is 0 Å². The molecule has 1 aliphatic rings. The van der Waals surface area contributed by atoms with Gasteiger partial charge in [0.25, 0.3) is 0 Å². The Morgan fingerprint density at radius 2 is 1.75 bits per heavy atom. The molecule has 0 amide bonds. The lowest BCUT2D eigenvalue weighted by molar-refractivity contribution is 0.164. The number of likely N-dealkylation sites (tertiary alicyclic amines) is 1. The third kappa shape index (κ3) is 2.01. The van der Waals surface area contributed by atoms with E-state index in [9.17, 15) is 0 Å². The van der Waals surface area contributed by atoms with E-state index < -0.39 is 0 Å². The molecule has 0 radical (unpaired) electrons. The van der Waals surface area contributed by atoms with Crippen molar-refractivity contribution in [1.29, 1.82) is 0 Å². The van der Waals surface area contributed by atoms with Crippen molar-refractivity contribution in [2.45, 2.75) is 53.1 Å². The first kappa shape index (κ1) is 10.0. The normalized spacial score (nSPS) is 32.2. The van der Waals surface area contributed by atoms with Crippen LogP contribution in [0.5, 0.6) is 0 Å². The van der Waals surface area contributed by atoms with Crippen LogP contribution < -0.4 is 0 Å². The van der Waals surface area contributed by atoms with E-state index in [1.807, 2.05) is 0 Å². The minimum absolute atomic E-state index is 0.724. The minimum atomic E-state index is 0.724. The van der Waals surface area contributed by atoms with Crippen LogP contribution in [-0.2, 0) is 0 Å². The molecule has 0 saturated carbocycles. The molecule has 1 aliphatic heterocycles. The van der Waals surface area contributed by atoms with Gasteiger partial charge in [0.15, 0.2) is 0 Å². The zero-order valence-electron chi connectivity index (χ0n) is 9.17. The van der Waals surface area contributed by atoms with Gasteiger partial charge >= 0.3 is 0 Å². The summed E-state index contributed by atoms with van der Waals surface area (Å²) in [5.74, 6) is 1.72. The lowest BCUT2D eigenvalue weighted by Crippen LogP contribution is -2.38. The third-order valence-corrected chi connectivity index (χ3v) is 3.03. The van der Waals surface area contributed by atoms with Crippen molar-refractivity contribution >= 4 is 0 Å². The Morgan fingerprint density at radius 3 is 2.08 bits per heavy atom. The molecule has 0 aromatic carbocycles. The highest BCUT2D eigenvalue weighted by Gasteiger charge is 2.32. The summed E-state index contributed by atoms with van der Waals surface area (Å²) in [6.07, 6.45) is 1.40. The Bertz CT molecular complexity index is 124. The Hall–Kier alpha value is -0.0400. The van der Waals surface area contributed by atoms with E-state index >= 15 is 0 Å². The second-order valence-corrected chi connectivity index (χ2v) is 4.94. The first-order chi connectivity index (χ1) is 5.52. The summed E-state index contributed by atoms with van der Waals surface area (Å²) in [7, 11) is 0. The summed E-state index contributed by atoms with van der Waals surface area (Å²) >= 11 is 0. The molecule has 1 nitrogen and oxygen atoms in total. The molecule has 1 rings (SSSR count). The molecule has 2 unspecified atom stereocenters. The van der Waals surface area contributed by atoms with Gasteiger partial charge in [-0.15, -0.1) is 0 Å². The second-order valence-electron chi connectivity index (χ2n) is 4.94. The Labute approximate surface area is 77.1 Å². The molecule has 0 aromatic heterocycles. The quantitative estimate of drug-likeness (QED) is 0.614. The number of hydrogen-bond acceptors (Lipinski definition) is 1. The van der Waals surface area contributed by atoms with Crippen molar-refractivity contribution in [2.24, 2.45) is 11.8 Å². The maximum atomic E-state index is 2.66. The van der Waals surface area contributed by atoms with Gasteiger partial charge in [-0.25, -0.2) is 0 Å². The maximum Gasteiger partial charge on any atom is 0.0124 e. The van der Waals surface area contributed by atoms with Crippen LogP contribution in [0, 0.1) is 11.8 Å². The fourth-order valence-corrected chi connectivity index (χ4v) is 2.37. The van der Waals surface area contributed by atoms with Crippen molar-refractivity contribution < 1.29 is 0 Å². The van der Waals surface area contributed by atoms with Crippen molar-refractivity contribution in [3.8, 4) is 0 Å². The zero-order valence-corrected chi connectivity index (χ0v) is 9.17. The average molecular weight is 169 g/mol. The lowest BCUT2D eigenvalue weighted by Gasteiger charge is -2.30. The molecule has 0 spiro atoms. The fraction of sp³-hybridized carbons (Fsp3) is 1.00. The summed E-state index contributed by atoms with van der Waals surface area (Å²) in [6, 6.07) is 1.56. The molecule has 1 heteroatoms. The van der Waals surface area contributed by atoms with E-state index in [2.05, 4.69) is 39.5 Å². The number of rotatable bonds is 2. The summed E-state index contributed by atoms with van der Waals surface area (Å²) in [4.78, 5) is 2.66. The predicted octanol–water partition coefficient (Wildman–Crippen LogP) is 2.76. The molecule has 1 saturated heterocycles. The van der Waals surface area contributed by atoms with Crippen LogP contribution >= 0.6 is 0 Å². The second kappa shape index (κ2) is 3.78. The topological polar surface area (TPSA) is 3.24 Å². The van der Waals surface area contributed by atoms with Crippen molar-refractivity contribution in [1.82, 2.24) is 4.90 Å². The summed E-state index contributed by atoms with van der Waals surface area (Å²) in [5.41, 5.74) is 0. The molecule has 0 aromatic rings. The molecule has 0 aliphatic carbocycles. The third-order valence-electron chi connectivity index (χ3n) is 3.03. The molecule has 0 N–H and O–H groups in total. The minimum Gasteiger partial charge on any atom is -0.297 e. The molecule has 12 heavy (non-hydrogen) atoms. The highest BCUT2D eigenvalue weighted by Crippen LogP contribution is 2.29. The van der Waals surface area contributed by atoms with Crippen LogP contribution in [-0.4, -0.2) is 23.5 Å². The number of hydrogen-bond donors (Lipinski definition) is 0. The standard InChI is InChI=1S/C11H23N/c1-8(2)11-6-10(5)7-12(11)9(3)4/h8-11H,6-7H2,1-5H3. The Morgan fingerprint density at radius 1 is 1.17 bits per heavy atom. The molecule has 1 heterocycles. The van der Waals surface area contributed by atoms with Crippen molar-refractivity contribution in [3.63, 3.8) is 0 Å². The first-order valence-electron chi connectivity index (χ1n) is 5.28. The first-order valence-corrected chi connectivity index (χ1v) is 5.28. The SMILES string of the molecule is CC1CC(C(C)C)N(C(C)C)C1. The summed E-state index contributed by atoms with van der Waals surface area (Å²) in [6.45, 7) is 13.0. The van der Waals surface area contributed by atoms with Gasteiger partial charge in [-0.2, -0.15) is 0 Å². The maximum absolute atomic E-state index is 2.66.